The van der Waals surface area contributed by atoms with Crippen molar-refractivity contribution in [1.82, 2.24) is 4.98 Å². The van der Waals surface area contributed by atoms with Gasteiger partial charge < -0.3 is 10.6 Å². The molecule has 0 spiro atoms. The van der Waals surface area contributed by atoms with Crippen molar-refractivity contribution in [2.45, 2.75) is 39.8 Å². The van der Waals surface area contributed by atoms with Crippen LogP contribution in [0.4, 0.5) is 5.82 Å². The van der Waals surface area contributed by atoms with Crippen molar-refractivity contribution < 1.29 is 0 Å². The number of rotatable bonds is 5. The largest absolute Gasteiger partial charge is 0.354 e. The molecule has 0 aliphatic heterocycles. The Balaban J connectivity index is 2.61. The van der Waals surface area contributed by atoms with Crippen LogP contribution in [0.15, 0.2) is 30.3 Å². The lowest BCUT2D eigenvalue weighted by Gasteiger charge is -2.29. The fraction of sp³-hybridized carbons (Fsp3) is 0.438. The fourth-order valence-electron chi connectivity index (χ4n) is 2.41. The molecule has 102 valence electrons. The monoisotopic (exact) mass is 257 g/mol. The number of hydrogen-bond donors (Lipinski definition) is 1. The molecule has 2 rings (SSSR count). The first kappa shape index (κ1) is 13.8. The summed E-state index contributed by atoms with van der Waals surface area (Å²) in [6, 6.07) is 10.9. The Morgan fingerprint density at radius 3 is 2.63 bits per heavy atom. The lowest BCUT2D eigenvalue weighted by Crippen LogP contribution is -2.32. The first-order valence-electron chi connectivity index (χ1n) is 7.02. The Morgan fingerprint density at radius 1 is 1.26 bits per heavy atom. The Kier molecular flexibility index (Phi) is 4.38. The first-order chi connectivity index (χ1) is 9.17. The maximum Gasteiger partial charge on any atom is 0.137 e. The molecule has 1 heterocycles. The summed E-state index contributed by atoms with van der Waals surface area (Å²) in [5.74, 6) is 1.07. The van der Waals surface area contributed by atoms with Crippen LogP contribution in [0.5, 0.6) is 0 Å². The first-order valence-corrected chi connectivity index (χ1v) is 7.02. The van der Waals surface area contributed by atoms with Crippen LogP contribution in [0.1, 0.15) is 32.9 Å². The summed E-state index contributed by atoms with van der Waals surface area (Å²) in [5, 5.41) is 2.43. The summed E-state index contributed by atoms with van der Waals surface area (Å²) in [6.45, 7) is 8.12. The van der Waals surface area contributed by atoms with Crippen LogP contribution in [0, 0.1) is 0 Å². The van der Waals surface area contributed by atoms with Gasteiger partial charge in [0.2, 0.25) is 0 Å². The summed E-state index contributed by atoms with van der Waals surface area (Å²) >= 11 is 0. The smallest absolute Gasteiger partial charge is 0.137 e. The van der Waals surface area contributed by atoms with Gasteiger partial charge in [0.25, 0.3) is 0 Å². The maximum absolute atomic E-state index is 5.78. The number of fused-ring (bicyclic) bond motifs is 1. The fourth-order valence-corrected chi connectivity index (χ4v) is 2.41. The average molecular weight is 257 g/mol. The second kappa shape index (κ2) is 6.02. The highest BCUT2D eigenvalue weighted by Crippen LogP contribution is 2.27. The van der Waals surface area contributed by atoms with E-state index in [-0.39, 0.29) is 0 Å². The molecular formula is C16H23N3. The van der Waals surface area contributed by atoms with Gasteiger partial charge in [0.1, 0.15) is 5.82 Å². The van der Waals surface area contributed by atoms with Gasteiger partial charge in [-0.3, -0.25) is 0 Å². The molecule has 3 heteroatoms. The number of nitrogens with zero attached hydrogens (tertiary/aromatic N) is 2. The van der Waals surface area contributed by atoms with Crippen molar-refractivity contribution in [3.05, 3.63) is 36.0 Å². The Morgan fingerprint density at radius 2 is 2.00 bits per heavy atom. The lowest BCUT2D eigenvalue weighted by atomic mass is 10.1. The molecule has 1 aromatic carbocycles. The molecule has 0 amide bonds. The SMILES string of the molecule is CCCN(c1nc(CN)cc2ccccc12)C(C)C. The molecule has 0 atom stereocenters. The molecule has 1 aromatic heterocycles. The van der Waals surface area contributed by atoms with E-state index < -0.39 is 0 Å². The van der Waals surface area contributed by atoms with Crippen molar-refractivity contribution in [3.8, 4) is 0 Å². The molecule has 19 heavy (non-hydrogen) atoms. The van der Waals surface area contributed by atoms with Crippen molar-refractivity contribution in [3.63, 3.8) is 0 Å². The minimum absolute atomic E-state index is 0.434. The Bertz CT molecular complexity index is 549. The number of anilines is 1. The van der Waals surface area contributed by atoms with Gasteiger partial charge in [-0.2, -0.15) is 0 Å². The number of benzene rings is 1. The van der Waals surface area contributed by atoms with E-state index >= 15 is 0 Å². The summed E-state index contributed by atoms with van der Waals surface area (Å²) in [7, 11) is 0. The Labute approximate surface area is 115 Å². The minimum Gasteiger partial charge on any atom is -0.354 e. The average Bonchev–Trinajstić information content (AvgIpc) is 2.43. The van der Waals surface area contributed by atoms with Gasteiger partial charge in [0.05, 0.1) is 5.69 Å². The zero-order valence-electron chi connectivity index (χ0n) is 12.1. The van der Waals surface area contributed by atoms with Gasteiger partial charge in [-0.15, -0.1) is 0 Å². The zero-order valence-corrected chi connectivity index (χ0v) is 12.1. The normalized spacial score (nSPS) is 11.2. The number of pyridine rings is 1. The number of aromatic nitrogens is 1. The van der Waals surface area contributed by atoms with Gasteiger partial charge >= 0.3 is 0 Å². The maximum atomic E-state index is 5.78. The third-order valence-electron chi connectivity index (χ3n) is 3.34. The number of hydrogen-bond acceptors (Lipinski definition) is 3. The summed E-state index contributed by atoms with van der Waals surface area (Å²) in [4.78, 5) is 7.12. The van der Waals surface area contributed by atoms with Crippen molar-refractivity contribution >= 4 is 16.6 Å². The third kappa shape index (κ3) is 2.87. The van der Waals surface area contributed by atoms with Gasteiger partial charge in [-0.05, 0) is 31.7 Å². The van der Waals surface area contributed by atoms with Crippen LogP contribution >= 0.6 is 0 Å². The van der Waals surface area contributed by atoms with Gasteiger partial charge in [-0.1, -0.05) is 31.2 Å². The van der Waals surface area contributed by atoms with Crippen LogP contribution in [0.2, 0.25) is 0 Å². The number of nitrogens with two attached hydrogens (primary N) is 1. The molecule has 0 saturated carbocycles. The summed E-state index contributed by atoms with van der Waals surface area (Å²) in [6.07, 6.45) is 1.11. The van der Waals surface area contributed by atoms with Crippen LogP contribution in [0.25, 0.3) is 10.8 Å². The molecule has 0 unspecified atom stereocenters. The van der Waals surface area contributed by atoms with Gasteiger partial charge in [0.15, 0.2) is 0 Å². The molecule has 0 aliphatic rings. The predicted molar refractivity (Wildman–Crippen MR) is 82.4 cm³/mol. The molecule has 0 aliphatic carbocycles. The highest BCUT2D eigenvalue weighted by molar-refractivity contribution is 5.92. The van der Waals surface area contributed by atoms with E-state index in [0.717, 1.165) is 24.5 Å². The standard InChI is InChI=1S/C16H23N3/c1-4-9-19(12(2)3)16-15-8-6-5-7-13(15)10-14(11-17)18-16/h5-8,10,12H,4,9,11,17H2,1-3H3. The van der Waals surface area contributed by atoms with Crippen LogP contribution in [0.3, 0.4) is 0 Å². The highest BCUT2D eigenvalue weighted by atomic mass is 15.2. The molecule has 0 fully saturated rings. The van der Waals surface area contributed by atoms with Gasteiger partial charge in [-0.25, -0.2) is 4.98 Å². The predicted octanol–water partition coefficient (Wildman–Crippen LogP) is 3.32. The third-order valence-corrected chi connectivity index (χ3v) is 3.34. The van der Waals surface area contributed by atoms with E-state index in [2.05, 4.69) is 56.0 Å². The lowest BCUT2D eigenvalue weighted by molar-refractivity contribution is 0.663. The molecule has 3 nitrogen and oxygen atoms in total. The summed E-state index contributed by atoms with van der Waals surface area (Å²) < 4.78 is 0. The second-order valence-corrected chi connectivity index (χ2v) is 5.15. The molecule has 2 N–H and O–H groups in total. The van der Waals surface area contributed by atoms with E-state index in [1.54, 1.807) is 0 Å². The van der Waals surface area contributed by atoms with E-state index in [1.807, 2.05) is 0 Å². The van der Waals surface area contributed by atoms with E-state index in [4.69, 9.17) is 10.7 Å². The molecule has 0 saturated heterocycles. The molecule has 0 radical (unpaired) electrons. The van der Waals surface area contributed by atoms with Crippen molar-refractivity contribution in [1.29, 1.82) is 0 Å². The Hall–Kier alpha value is -1.61. The topological polar surface area (TPSA) is 42.2 Å². The van der Waals surface area contributed by atoms with Crippen LogP contribution in [-0.2, 0) is 6.54 Å². The highest BCUT2D eigenvalue weighted by Gasteiger charge is 2.15. The summed E-state index contributed by atoms with van der Waals surface area (Å²) in [5.41, 5.74) is 6.73. The minimum atomic E-state index is 0.434. The van der Waals surface area contributed by atoms with Crippen LogP contribution < -0.4 is 10.6 Å². The molecule has 2 aromatic rings. The van der Waals surface area contributed by atoms with E-state index in [0.29, 0.717) is 12.6 Å². The molecule has 0 bridgehead atoms. The van der Waals surface area contributed by atoms with E-state index in [9.17, 15) is 0 Å². The van der Waals surface area contributed by atoms with Crippen LogP contribution in [-0.4, -0.2) is 17.6 Å². The van der Waals surface area contributed by atoms with E-state index in [1.165, 1.54) is 10.8 Å². The quantitative estimate of drug-likeness (QED) is 0.893. The zero-order chi connectivity index (χ0) is 13.8. The van der Waals surface area contributed by atoms with Crippen molar-refractivity contribution in [2.24, 2.45) is 5.73 Å². The molecular weight excluding hydrogens is 234 g/mol. The second-order valence-electron chi connectivity index (χ2n) is 5.15. The van der Waals surface area contributed by atoms with Gasteiger partial charge in [0, 0.05) is 24.5 Å². The van der Waals surface area contributed by atoms with Crippen molar-refractivity contribution in [2.75, 3.05) is 11.4 Å².